The SMILES string of the molecule is CCCCCCCCCCCCCCCCCCCCCCCCCC(=O)OC(COC(=O)CCCCCCC)COC1OC(CO)C(O)C(O)C1O. The van der Waals surface area contributed by atoms with Crippen LogP contribution in [-0.2, 0) is 28.5 Å². The first kappa shape index (κ1) is 49.7. The van der Waals surface area contributed by atoms with Crippen LogP contribution in [0.3, 0.4) is 0 Å². The summed E-state index contributed by atoms with van der Waals surface area (Å²) in [4.78, 5) is 25.0. The van der Waals surface area contributed by atoms with Crippen molar-refractivity contribution in [3.8, 4) is 0 Å². The zero-order chi connectivity index (χ0) is 38.8. The molecule has 0 bridgehead atoms. The summed E-state index contributed by atoms with van der Waals surface area (Å²) in [6.45, 7) is 3.35. The molecule has 1 aliphatic heterocycles. The second-order valence-corrected chi connectivity index (χ2v) is 15.5. The maximum Gasteiger partial charge on any atom is 0.306 e. The minimum Gasteiger partial charge on any atom is -0.462 e. The molecule has 1 heterocycles. The highest BCUT2D eigenvalue weighted by Crippen LogP contribution is 2.23. The van der Waals surface area contributed by atoms with Crippen LogP contribution in [0, 0.1) is 0 Å². The van der Waals surface area contributed by atoms with Crippen LogP contribution in [0.15, 0.2) is 0 Å². The quantitative estimate of drug-likeness (QED) is 0.0357. The Morgan fingerprint density at radius 3 is 1.28 bits per heavy atom. The van der Waals surface area contributed by atoms with E-state index in [1.54, 1.807) is 0 Å². The molecule has 0 radical (unpaired) electrons. The van der Waals surface area contributed by atoms with Gasteiger partial charge in [0.05, 0.1) is 13.2 Å². The predicted octanol–water partition coefficient (Wildman–Crippen LogP) is 9.00. The van der Waals surface area contributed by atoms with Crippen molar-refractivity contribution in [2.45, 2.75) is 243 Å². The third-order valence-electron chi connectivity index (χ3n) is 10.5. The maximum atomic E-state index is 12.7. The Morgan fingerprint density at radius 2 is 0.887 bits per heavy atom. The van der Waals surface area contributed by atoms with Gasteiger partial charge in [-0.1, -0.05) is 181 Å². The fourth-order valence-corrected chi connectivity index (χ4v) is 6.95. The summed E-state index contributed by atoms with van der Waals surface area (Å²) in [6, 6.07) is 0. The summed E-state index contributed by atoms with van der Waals surface area (Å²) in [5.74, 6) is -0.809. The molecule has 0 aromatic heterocycles. The number of carbonyl (C=O) groups excluding carboxylic acids is 2. The standard InChI is InChI=1S/C43H82O10/c1-3-5-7-9-10-11-12-13-14-15-16-17-18-19-20-21-22-23-24-25-26-28-30-32-39(46)52-36(34-50-38(45)31-29-27-8-6-4-2)35-51-43-42(49)41(48)40(47)37(33-44)53-43/h36-37,40-44,47-49H,3-35H2,1-2H3. The van der Waals surface area contributed by atoms with Crippen molar-refractivity contribution >= 4 is 11.9 Å². The minimum absolute atomic E-state index is 0.212. The van der Waals surface area contributed by atoms with Crippen LogP contribution in [0.2, 0.25) is 0 Å². The highest BCUT2D eigenvalue weighted by molar-refractivity contribution is 5.70. The van der Waals surface area contributed by atoms with E-state index < -0.39 is 49.4 Å². The lowest BCUT2D eigenvalue weighted by molar-refractivity contribution is -0.305. The van der Waals surface area contributed by atoms with Crippen molar-refractivity contribution in [2.75, 3.05) is 19.8 Å². The van der Waals surface area contributed by atoms with E-state index in [2.05, 4.69) is 13.8 Å². The molecule has 1 rings (SSSR count). The first-order valence-electron chi connectivity index (χ1n) is 22.1. The van der Waals surface area contributed by atoms with Crippen molar-refractivity contribution in [3.63, 3.8) is 0 Å². The summed E-state index contributed by atoms with van der Waals surface area (Å²) in [7, 11) is 0. The summed E-state index contributed by atoms with van der Waals surface area (Å²) in [6.07, 6.45) is 27.5. The molecule has 1 saturated heterocycles. The van der Waals surface area contributed by atoms with Gasteiger partial charge < -0.3 is 39.4 Å². The Kier molecular flexibility index (Phi) is 33.0. The lowest BCUT2D eigenvalue weighted by Crippen LogP contribution is -2.59. The average molecular weight is 759 g/mol. The molecule has 0 aliphatic carbocycles. The van der Waals surface area contributed by atoms with E-state index in [0.29, 0.717) is 6.42 Å². The number of unbranched alkanes of at least 4 members (excludes halogenated alkanes) is 26. The van der Waals surface area contributed by atoms with E-state index in [4.69, 9.17) is 18.9 Å². The molecule has 6 atom stereocenters. The predicted molar refractivity (Wildman–Crippen MR) is 210 cm³/mol. The number of hydrogen-bond acceptors (Lipinski definition) is 10. The number of hydrogen-bond donors (Lipinski definition) is 4. The highest BCUT2D eigenvalue weighted by atomic mass is 16.7. The van der Waals surface area contributed by atoms with Gasteiger partial charge in [0.15, 0.2) is 12.4 Å². The summed E-state index contributed by atoms with van der Waals surface area (Å²) in [5, 5.41) is 39.8. The molecule has 6 unspecified atom stereocenters. The van der Waals surface area contributed by atoms with Crippen LogP contribution >= 0.6 is 0 Å². The van der Waals surface area contributed by atoms with Gasteiger partial charge in [0, 0.05) is 12.8 Å². The minimum atomic E-state index is -1.59. The van der Waals surface area contributed by atoms with Crippen LogP contribution in [0.5, 0.6) is 0 Å². The number of rotatable bonds is 37. The van der Waals surface area contributed by atoms with Gasteiger partial charge in [-0.15, -0.1) is 0 Å². The molecule has 0 spiro atoms. The monoisotopic (exact) mass is 759 g/mol. The second kappa shape index (κ2) is 35.1. The molecule has 1 aliphatic rings. The van der Waals surface area contributed by atoms with Crippen molar-refractivity contribution in [1.82, 2.24) is 0 Å². The zero-order valence-electron chi connectivity index (χ0n) is 34.0. The van der Waals surface area contributed by atoms with Gasteiger partial charge in [0.25, 0.3) is 0 Å². The molecule has 53 heavy (non-hydrogen) atoms. The number of aliphatic hydroxyl groups excluding tert-OH is 4. The first-order chi connectivity index (χ1) is 25.8. The molecule has 10 nitrogen and oxygen atoms in total. The Bertz CT molecular complexity index is 840. The second-order valence-electron chi connectivity index (χ2n) is 15.5. The van der Waals surface area contributed by atoms with E-state index in [1.165, 1.54) is 122 Å². The first-order valence-corrected chi connectivity index (χ1v) is 22.1. The van der Waals surface area contributed by atoms with E-state index in [0.717, 1.165) is 51.4 Å². The molecular weight excluding hydrogens is 676 g/mol. The van der Waals surface area contributed by atoms with Crippen LogP contribution in [0.4, 0.5) is 0 Å². The van der Waals surface area contributed by atoms with E-state index in [1.807, 2.05) is 0 Å². The Hall–Kier alpha value is -1.30. The third-order valence-corrected chi connectivity index (χ3v) is 10.5. The van der Waals surface area contributed by atoms with Crippen molar-refractivity contribution in [2.24, 2.45) is 0 Å². The van der Waals surface area contributed by atoms with Gasteiger partial charge in [0.2, 0.25) is 0 Å². The van der Waals surface area contributed by atoms with E-state index >= 15 is 0 Å². The third kappa shape index (κ3) is 27.0. The summed E-state index contributed by atoms with van der Waals surface area (Å²) >= 11 is 0. The zero-order valence-corrected chi connectivity index (χ0v) is 34.0. The van der Waals surface area contributed by atoms with Gasteiger partial charge in [-0.2, -0.15) is 0 Å². The fourth-order valence-electron chi connectivity index (χ4n) is 6.95. The number of ether oxygens (including phenoxy) is 4. The molecule has 314 valence electrons. The lowest BCUT2D eigenvalue weighted by atomic mass is 9.99. The molecule has 1 fully saturated rings. The lowest BCUT2D eigenvalue weighted by Gasteiger charge is -2.39. The summed E-state index contributed by atoms with van der Waals surface area (Å²) in [5.41, 5.74) is 0. The fraction of sp³-hybridized carbons (Fsp3) is 0.953. The number of carbonyl (C=O) groups is 2. The van der Waals surface area contributed by atoms with Crippen molar-refractivity contribution in [1.29, 1.82) is 0 Å². The Morgan fingerprint density at radius 1 is 0.509 bits per heavy atom. The number of aliphatic hydroxyl groups is 4. The average Bonchev–Trinajstić information content (AvgIpc) is 3.15. The Labute approximate surface area is 323 Å². The molecule has 0 saturated carbocycles. The molecule has 0 aromatic carbocycles. The van der Waals surface area contributed by atoms with E-state index in [-0.39, 0.29) is 32.0 Å². The van der Waals surface area contributed by atoms with E-state index in [9.17, 15) is 30.0 Å². The van der Waals surface area contributed by atoms with Gasteiger partial charge in [0.1, 0.15) is 31.0 Å². The van der Waals surface area contributed by atoms with Gasteiger partial charge in [-0.3, -0.25) is 9.59 Å². The van der Waals surface area contributed by atoms with Crippen molar-refractivity contribution < 1.29 is 49.0 Å². The molecular formula is C43H82O10. The van der Waals surface area contributed by atoms with Gasteiger partial charge in [-0.05, 0) is 12.8 Å². The largest absolute Gasteiger partial charge is 0.462 e. The topological polar surface area (TPSA) is 152 Å². The van der Waals surface area contributed by atoms with Crippen LogP contribution in [0.25, 0.3) is 0 Å². The van der Waals surface area contributed by atoms with Crippen LogP contribution in [0.1, 0.15) is 206 Å². The molecule has 0 amide bonds. The molecule has 0 aromatic rings. The van der Waals surface area contributed by atoms with Gasteiger partial charge >= 0.3 is 11.9 Å². The smallest absolute Gasteiger partial charge is 0.306 e. The van der Waals surface area contributed by atoms with Crippen molar-refractivity contribution in [3.05, 3.63) is 0 Å². The van der Waals surface area contributed by atoms with Gasteiger partial charge in [-0.25, -0.2) is 0 Å². The van der Waals surface area contributed by atoms with Crippen LogP contribution in [-0.4, -0.2) is 89.0 Å². The number of esters is 2. The molecule has 10 heteroatoms. The normalized spacial score (nSPS) is 20.8. The van der Waals surface area contributed by atoms with Crippen LogP contribution < -0.4 is 0 Å². The molecule has 4 N–H and O–H groups in total. The summed E-state index contributed by atoms with van der Waals surface area (Å²) < 4.78 is 22.0. The Balaban J connectivity index is 2.16. The maximum absolute atomic E-state index is 12.7. The highest BCUT2D eigenvalue weighted by Gasteiger charge is 2.44.